The summed E-state index contributed by atoms with van der Waals surface area (Å²) in [5, 5.41) is 3.67. The lowest BCUT2D eigenvalue weighted by Crippen LogP contribution is -2.08. The number of ether oxygens (including phenoxy) is 2. The highest BCUT2D eigenvalue weighted by Gasteiger charge is 2.21. The molecule has 0 saturated carbocycles. The van der Waals surface area contributed by atoms with Crippen molar-refractivity contribution in [2.75, 3.05) is 14.2 Å². The maximum absolute atomic E-state index is 12.3. The third kappa shape index (κ3) is 3.77. The Hall–Kier alpha value is -3.90. The van der Waals surface area contributed by atoms with E-state index in [-0.39, 0.29) is 11.4 Å². The van der Waals surface area contributed by atoms with Crippen molar-refractivity contribution in [1.82, 2.24) is 9.97 Å². The van der Waals surface area contributed by atoms with Gasteiger partial charge in [0.2, 0.25) is 0 Å². The lowest BCUT2D eigenvalue weighted by molar-refractivity contribution is 0.0595. The second-order valence-electron chi connectivity index (χ2n) is 5.87. The van der Waals surface area contributed by atoms with Crippen molar-refractivity contribution in [3.05, 3.63) is 70.2 Å². The average Bonchev–Trinajstić information content (AvgIpc) is 2.74. The Morgan fingerprint density at radius 2 is 1.64 bits per heavy atom. The minimum atomic E-state index is -0.715. The summed E-state index contributed by atoms with van der Waals surface area (Å²) < 4.78 is 10.00. The number of esters is 1. The highest BCUT2D eigenvalue weighted by Crippen LogP contribution is 2.34. The first-order chi connectivity index (χ1) is 13.6. The predicted octanol–water partition coefficient (Wildman–Crippen LogP) is 4.86. The molecular weight excluding hydrogens is 358 g/mol. The van der Waals surface area contributed by atoms with Gasteiger partial charge in [-0.15, -0.1) is 0 Å². The van der Waals surface area contributed by atoms with Crippen LogP contribution in [0.1, 0.15) is 16.1 Å². The molecule has 8 heteroatoms. The molecule has 0 radical (unpaired) electrons. The molecule has 0 amide bonds. The van der Waals surface area contributed by atoms with Crippen molar-refractivity contribution in [3.63, 3.8) is 0 Å². The van der Waals surface area contributed by atoms with Crippen LogP contribution in [-0.2, 0) is 4.74 Å². The van der Waals surface area contributed by atoms with Crippen molar-refractivity contribution in [3.8, 4) is 28.4 Å². The molecule has 3 rings (SSSR count). The summed E-state index contributed by atoms with van der Waals surface area (Å²) in [6.45, 7) is 1.96. The molecule has 0 bridgehead atoms. The summed E-state index contributed by atoms with van der Waals surface area (Å²) in [6, 6.07) is 14.6. The van der Waals surface area contributed by atoms with Gasteiger partial charge in [-0.05, 0) is 36.7 Å². The molecule has 0 N–H and O–H groups in total. The van der Waals surface area contributed by atoms with Crippen molar-refractivity contribution in [2.24, 2.45) is 5.11 Å². The van der Waals surface area contributed by atoms with E-state index in [2.05, 4.69) is 20.0 Å². The lowest BCUT2D eigenvalue weighted by Gasteiger charge is -2.12. The quantitative estimate of drug-likeness (QED) is 0.274. The van der Waals surface area contributed by atoms with Crippen LogP contribution in [0.15, 0.2) is 53.6 Å². The van der Waals surface area contributed by atoms with Crippen LogP contribution in [0.5, 0.6) is 5.75 Å². The molecule has 0 aliphatic heterocycles. The molecule has 3 aromatic rings. The molecule has 1 heterocycles. The van der Waals surface area contributed by atoms with E-state index in [0.717, 1.165) is 5.56 Å². The summed E-state index contributed by atoms with van der Waals surface area (Å²) in [5.41, 5.74) is 11.7. The van der Waals surface area contributed by atoms with Crippen LogP contribution in [0.3, 0.4) is 0 Å². The van der Waals surface area contributed by atoms with Gasteiger partial charge in [-0.3, -0.25) is 0 Å². The smallest absolute Gasteiger partial charge is 0.357 e. The topological polar surface area (TPSA) is 110 Å². The van der Waals surface area contributed by atoms with Crippen molar-refractivity contribution >= 4 is 11.7 Å². The van der Waals surface area contributed by atoms with Gasteiger partial charge in [-0.25, -0.2) is 14.8 Å². The van der Waals surface area contributed by atoms with E-state index in [0.29, 0.717) is 28.4 Å². The zero-order chi connectivity index (χ0) is 20.1. The Morgan fingerprint density at radius 3 is 2.21 bits per heavy atom. The summed E-state index contributed by atoms with van der Waals surface area (Å²) in [6.07, 6.45) is 0. The molecule has 0 aliphatic carbocycles. The molecular formula is C20H17N5O3. The maximum Gasteiger partial charge on any atom is 0.357 e. The fraction of sp³-hybridized carbons (Fsp3) is 0.150. The van der Waals surface area contributed by atoms with Gasteiger partial charge in [0.15, 0.2) is 11.5 Å². The highest BCUT2D eigenvalue weighted by atomic mass is 16.5. The zero-order valence-corrected chi connectivity index (χ0v) is 15.6. The molecule has 0 atom stereocenters. The number of aromatic nitrogens is 2. The fourth-order valence-electron chi connectivity index (χ4n) is 2.62. The number of aryl methyl sites for hydroxylation is 1. The highest BCUT2D eigenvalue weighted by molar-refractivity contribution is 5.97. The Morgan fingerprint density at radius 1 is 1.00 bits per heavy atom. The predicted molar refractivity (Wildman–Crippen MR) is 104 cm³/mol. The number of carbonyl (C=O) groups excluding carboxylic acids is 1. The molecule has 140 valence electrons. The summed E-state index contributed by atoms with van der Waals surface area (Å²) in [7, 11) is 2.81. The number of hydrogen-bond donors (Lipinski definition) is 0. The Balaban J connectivity index is 2.29. The summed E-state index contributed by atoms with van der Waals surface area (Å²) in [4.78, 5) is 24.0. The van der Waals surface area contributed by atoms with E-state index in [9.17, 15) is 4.79 Å². The maximum atomic E-state index is 12.3. The van der Waals surface area contributed by atoms with Crippen LogP contribution in [0, 0.1) is 6.92 Å². The van der Waals surface area contributed by atoms with Crippen molar-refractivity contribution < 1.29 is 14.3 Å². The molecule has 28 heavy (non-hydrogen) atoms. The number of rotatable bonds is 5. The first-order valence-corrected chi connectivity index (χ1v) is 8.34. The van der Waals surface area contributed by atoms with E-state index in [1.165, 1.54) is 7.11 Å². The third-order valence-corrected chi connectivity index (χ3v) is 4.08. The minimum absolute atomic E-state index is 0.0236. The molecule has 0 spiro atoms. The van der Waals surface area contributed by atoms with Crippen LogP contribution >= 0.6 is 0 Å². The van der Waals surface area contributed by atoms with Gasteiger partial charge in [-0.1, -0.05) is 34.9 Å². The van der Waals surface area contributed by atoms with Gasteiger partial charge < -0.3 is 9.47 Å². The largest absolute Gasteiger partial charge is 0.497 e. The normalized spacial score (nSPS) is 10.1. The summed E-state index contributed by atoms with van der Waals surface area (Å²) in [5.74, 6) is 0.268. The Labute approximate surface area is 161 Å². The Kier molecular flexibility index (Phi) is 5.53. The first kappa shape index (κ1) is 18.9. The first-order valence-electron chi connectivity index (χ1n) is 8.34. The number of nitrogens with zero attached hydrogens (tertiary/aromatic N) is 5. The average molecular weight is 375 g/mol. The fourth-order valence-corrected chi connectivity index (χ4v) is 2.62. The van der Waals surface area contributed by atoms with Crippen LogP contribution in [0.4, 0.5) is 5.69 Å². The van der Waals surface area contributed by atoms with Gasteiger partial charge >= 0.3 is 5.97 Å². The van der Waals surface area contributed by atoms with E-state index in [1.807, 2.05) is 31.2 Å². The Bertz CT molecular complexity index is 1060. The lowest BCUT2D eigenvalue weighted by atomic mass is 10.1. The number of benzene rings is 2. The van der Waals surface area contributed by atoms with Gasteiger partial charge in [0, 0.05) is 16.0 Å². The summed E-state index contributed by atoms with van der Waals surface area (Å²) >= 11 is 0. The molecule has 1 aromatic heterocycles. The molecule has 8 nitrogen and oxygen atoms in total. The van der Waals surface area contributed by atoms with E-state index in [1.54, 1.807) is 31.4 Å². The van der Waals surface area contributed by atoms with E-state index < -0.39 is 5.97 Å². The number of methoxy groups -OCH3 is 2. The second-order valence-corrected chi connectivity index (χ2v) is 5.87. The number of carbonyl (C=O) groups is 1. The van der Waals surface area contributed by atoms with E-state index >= 15 is 0 Å². The molecule has 0 unspecified atom stereocenters. The van der Waals surface area contributed by atoms with Gasteiger partial charge in [0.05, 0.1) is 25.6 Å². The van der Waals surface area contributed by atoms with Crippen molar-refractivity contribution in [2.45, 2.75) is 6.92 Å². The zero-order valence-electron chi connectivity index (χ0n) is 15.6. The van der Waals surface area contributed by atoms with Crippen molar-refractivity contribution in [1.29, 1.82) is 0 Å². The van der Waals surface area contributed by atoms with Gasteiger partial charge in [0.1, 0.15) is 5.75 Å². The second kappa shape index (κ2) is 8.20. The van der Waals surface area contributed by atoms with Gasteiger partial charge in [-0.2, -0.15) is 0 Å². The van der Waals surface area contributed by atoms with Crippen LogP contribution in [0.25, 0.3) is 33.1 Å². The standard InChI is InChI=1S/C20H17N5O3/c1-12-4-6-13(7-5-12)16-17(24-25-21)18(20(26)28-3)23-19(22-16)14-8-10-15(27-2)11-9-14/h4-11H,1-3H3. The molecule has 2 aromatic carbocycles. The van der Waals surface area contributed by atoms with Crippen LogP contribution in [0.2, 0.25) is 0 Å². The molecule has 0 saturated heterocycles. The van der Waals surface area contributed by atoms with Crippen LogP contribution in [-0.4, -0.2) is 30.2 Å². The SMILES string of the molecule is COC(=O)c1nc(-c2ccc(OC)cc2)nc(-c2ccc(C)cc2)c1N=[N+]=[N-]. The molecule has 0 fully saturated rings. The monoisotopic (exact) mass is 375 g/mol. The third-order valence-electron chi connectivity index (χ3n) is 4.08. The minimum Gasteiger partial charge on any atom is -0.497 e. The van der Waals surface area contributed by atoms with E-state index in [4.69, 9.17) is 15.0 Å². The van der Waals surface area contributed by atoms with Gasteiger partial charge in [0.25, 0.3) is 0 Å². The van der Waals surface area contributed by atoms with Crippen LogP contribution < -0.4 is 4.74 Å². The number of azide groups is 1. The number of hydrogen-bond acceptors (Lipinski definition) is 6. The molecule has 0 aliphatic rings.